The summed E-state index contributed by atoms with van der Waals surface area (Å²) in [6, 6.07) is 5.90. The van der Waals surface area contributed by atoms with Crippen LogP contribution in [0.4, 0.5) is 8.78 Å². The van der Waals surface area contributed by atoms with Gasteiger partial charge in [-0.3, -0.25) is 9.48 Å². The van der Waals surface area contributed by atoms with Gasteiger partial charge in [0.05, 0.1) is 16.2 Å². The third-order valence-corrected chi connectivity index (χ3v) is 3.21. The van der Waals surface area contributed by atoms with Crippen molar-refractivity contribution in [2.75, 3.05) is 6.54 Å². The van der Waals surface area contributed by atoms with Gasteiger partial charge in [0.1, 0.15) is 5.75 Å². The zero-order chi connectivity index (χ0) is 15.9. The van der Waals surface area contributed by atoms with Crippen molar-refractivity contribution in [3.8, 4) is 5.75 Å². The minimum Gasteiger partial charge on any atom is -0.434 e. The van der Waals surface area contributed by atoms with Crippen LogP contribution >= 0.6 is 15.9 Å². The molecule has 0 saturated heterocycles. The van der Waals surface area contributed by atoms with Gasteiger partial charge < -0.3 is 10.1 Å². The maximum absolute atomic E-state index is 12.3. The van der Waals surface area contributed by atoms with Crippen LogP contribution < -0.4 is 10.1 Å². The van der Waals surface area contributed by atoms with Crippen LogP contribution in [0.2, 0.25) is 0 Å². The maximum atomic E-state index is 12.3. The smallest absolute Gasteiger partial charge is 0.387 e. The van der Waals surface area contributed by atoms with Gasteiger partial charge in [-0.1, -0.05) is 12.1 Å². The molecule has 1 aromatic carbocycles. The molecule has 1 N–H and O–H groups in total. The topological polar surface area (TPSA) is 56.2 Å². The van der Waals surface area contributed by atoms with Gasteiger partial charge in [-0.05, 0) is 34.5 Å². The Morgan fingerprint density at radius 3 is 2.86 bits per heavy atom. The van der Waals surface area contributed by atoms with Crippen molar-refractivity contribution in [2.24, 2.45) is 0 Å². The number of alkyl halides is 2. The minimum absolute atomic E-state index is 0.0876. The van der Waals surface area contributed by atoms with Gasteiger partial charge in [0, 0.05) is 19.3 Å². The molecule has 0 aliphatic heterocycles. The van der Waals surface area contributed by atoms with Crippen LogP contribution in [0.3, 0.4) is 0 Å². The molecule has 1 aromatic heterocycles. The Balaban J connectivity index is 1.84. The highest BCUT2D eigenvalue weighted by molar-refractivity contribution is 9.10. The highest BCUT2D eigenvalue weighted by atomic mass is 79.9. The van der Waals surface area contributed by atoms with E-state index in [0.29, 0.717) is 19.5 Å². The number of carbonyl (C=O) groups excluding carboxylic acids is 1. The van der Waals surface area contributed by atoms with Crippen LogP contribution in [-0.2, 0) is 6.54 Å². The van der Waals surface area contributed by atoms with Gasteiger partial charge in [-0.2, -0.15) is 13.9 Å². The van der Waals surface area contributed by atoms with Crippen LogP contribution in [0, 0.1) is 0 Å². The molecule has 22 heavy (non-hydrogen) atoms. The number of benzene rings is 1. The molecule has 118 valence electrons. The molecule has 8 heteroatoms. The Morgan fingerprint density at radius 1 is 1.41 bits per heavy atom. The highest BCUT2D eigenvalue weighted by Gasteiger charge is 2.14. The van der Waals surface area contributed by atoms with Crippen LogP contribution in [0.15, 0.2) is 41.1 Å². The summed E-state index contributed by atoms with van der Waals surface area (Å²) in [5, 5.41) is 6.76. The molecular weight excluding hydrogens is 360 g/mol. The third kappa shape index (κ3) is 4.80. The number of hydrogen-bond donors (Lipinski definition) is 1. The summed E-state index contributed by atoms with van der Waals surface area (Å²) in [4.78, 5) is 12.0. The Kier molecular flexibility index (Phi) is 5.88. The van der Waals surface area contributed by atoms with E-state index in [1.165, 1.54) is 18.2 Å². The average molecular weight is 374 g/mol. The number of carbonyl (C=O) groups is 1. The molecule has 0 spiro atoms. The van der Waals surface area contributed by atoms with E-state index in [0.717, 1.165) is 4.47 Å². The Morgan fingerprint density at radius 2 is 2.18 bits per heavy atom. The summed E-state index contributed by atoms with van der Waals surface area (Å²) >= 11 is 3.29. The molecule has 0 bridgehead atoms. The Bertz CT molecular complexity index is 634. The van der Waals surface area contributed by atoms with Gasteiger partial charge in [-0.15, -0.1) is 0 Å². The molecule has 1 amide bonds. The van der Waals surface area contributed by atoms with Crippen molar-refractivity contribution in [2.45, 2.75) is 19.6 Å². The number of hydrogen-bond acceptors (Lipinski definition) is 3. The van der Waals surface area contributed by atoms with E-state index in [4.69, 9.17) is 0 Å². The molecule has 0 atom stereocenters. The predicted molar refractivity (Wildman–Crippen MR) is 80.0 cm³/mol. The number of halogens is 3. The summed E-state index contributed by atoms with van der Waals surface area (Å²) in [5.74, 6) is -0.580. The van der Waals surface area contributed by atoms with E-state index in [1.54, 1.807) is 16.9 Å². The lowest BCUT2D eigenvalue weighted by Gasteiger charge is -2.10. The van der Waals surface area contributed by atoms with E-state index in [1.807, 2.05) is 6.20 Å². The number of aryl methyl sites for hydroxylation is 1. The van der Waals surface area contributed by atoms with Crippen LogP contribution in [0.5, 0.6) is 5.75 Å². The van der Waals surface area contributed by atoms with Crippen molar-refractivity contribution in [3.05, 3.63) is 46.7 Å². The van der Waals surface area contributed by atoms with Crippen molar-refractivity contribution < 1.29 is 18.3 Å². The summed E-state index contributed by atoms with van der Waals surface area (Å²) in [6.07, 6.45) is 4.17. The first-order chi connectivity index (χ1) is 10.6. The standard InChI is InChI=1S/C14H14BrF2N3O2/c15-10-8-19-20(9-10)7-3-6-18-13(21)11-4-1-2-5-12(11)22-14(16)17/h1-2,4-5,8-9,14H,3,6-7H2,(H,18,21). The van der Waals surface area contributed by atoms with E-state index >= 15 is 0 Å². The number of rotatable bonds is 7. The second-order valence-corrected chi connectivity index (χ2v) is 5.32. The largest absolute Gasteiger partial charge is 0.434 e. The second kappa shape index (κ2) is 7.88. The zero-order valence-corrected chi connectivity index (χ0v) is 13.1. The van der Waals surface area contributed by atoms with Gasteiger partial charge in [-0.25, -0.2) is 0 Å². The van der Waals surface area contributed by atoms with Gasteiger partial charge in [0.2, 0.25) is 0 Å². The fourth-order valence-electron chi connectivity index (χ4n) is 1.85. The molecule has 0 radical (unpaired) electrons. The van der Waals surface area contributed by atoms with Crippen LogP contribution in [0.25, 0.3) is 0 Å². The van der Waals surface area contributed by atoms with Crippen molar-refractivity contribution in [1.29, 1.82) is 0 Å². The van der Waals surface area contributed by atoms with Crippen molar-refractivity contribution >= 4 is 21.8 Å². The number of aromatic nitrogens is 2. The maximum Gasteiger partial charge on any atom is 0.387 e. The quantitative estimate of drug-likeness (QED) is 0.758. The first kappa shape index (κ1) is 16.4. The lowest BCUT2D eigenvalue weighted by molar-refractivity contribution is -0.0501. The molecule has 0 aliphatic carbocycles. The van der Waals surface area contributed by atoms with Gasteiger partial charge in [0.25, 0.3) is 5.91 Å². The molecule has 1 heterocycles. The van der Waals surface area contributed by atoms with Crippen molar-refractivity contribution in [3.63, 3.8) is 0 Å². The summed E-state index contributed by atoms with van der Waals surface area (Å²) < 4.78 is 31.5. The molecule has 0 fully saturated rings. The average Bonchev–Trinajstić information content (AvgIpc) is 2.89. The first-order valence-electron chi connectivity index (χ1n) is 6.56. The molecule has 5 nitrogen and oxygen atoms in total. The molecule has 2 aromatic rings. The molecule has 2 rings (SSSR count). The number of nitrogens with zero attached hydrogens (tertiary/aromatic N) is 2. The number of amides is 1. The van der Waals surface area contributed by atoms with Crippen LogP contribution in [-0.4, -0.2) is 28.8 Å². The minimum atomic E-state index is -2.97. The lowest BCUT2D eigenvalue weighted by Crippen LogP contribution is -2.26. The van der Waals surface area contributed by atoms with E-state index in [9.17, 15) is 13.6 Å². The SMILES string of the molecule is O=C(NCCCn1cc(Br)cn1)c1ccccc1OC(F)F. The summed E-state index contributed by atoms with van der Waals surface area (Å²) in [7, 11) is 0. The van der Waals surface area contributed by atoms with Gasteiger partial charge >= 0.3 is 6.61 Å². The monoisotopic (exact) mass is 373 g/mol. The van der Waals surface area contributed by atoms with Gasteiger partial charge in [0.15, 0.2) is 0 Å². The van der Waals surface area contributed by atoms with Crippen LogP contribution in [0.1, 0.15) is 16.8 Å². The Labute approximate surface area is 134 Å². The van der Waals surface area contributed by atoms with E-state index < -0.39 is 12.5 Å². The second-order valence-electron chi connectivity index (χ2n) is 4.41. The zero-order valence-electron chi connectivity index (χ0n) is 11.5. The Hall–Kier alpha value is -1.96. The van der Waals surface area contributed by atoms with E-state index in [2.05, 4.69) is 31.1 Å². The molecule has 0 unspecified atom stereocenters. The molecule has 0 saturated carbocycles. The molecule has 0 aliphatic rings. The van der Waals surface area contributed by atoms with Crippen molar-refractivity contribution in [1.82, 2.24) is 15.1 Å². The highest BCUT2D eigenvalue weighted by Crippen LogP contribution is 2.20. The normalized spacial score (nSPS) is 10.7. The number of para-hydroxylation sites is 1. The molecular formula is C14H14BrF2N3O2. The summed E-state index contributed by atoms with van der Waals surface area (Å²) in [5.41, 5.74) is 0.0876. The number of nitrogens with one attached hydrogen (secondary N) is 1. The predicted octanol–water partition coefficient (Wildman–Crippen LogP) is 3.07. The third-order valence-electron chi connectivity index (χ3n) is 2.80. The first-order valence-corrected chi connectivity index (χ1v) is 7.35. The number of ether oxygens (including phenoxy) is 1. The fraction of sp³-hybridized carbons (Fsp3) is 0.286. The lowest BCUT2D eigenvalue weighted by atomic mass is 10.2. The summed E-state index contributed by atoms with van der Waals surface area (Å²) in [6.45, 7) is -1.92. The fourth-order valence-corrected chi connectivity index (χ4v) is 2.18. The van der Waals surface area contributed by atoms with E-state index in [-0.39, 0.29) is 11.3 Å².